The number of rotatable bonds is 7. The minimum Gasteiger partial charge on any atom is -0.496 e. The lowest BCUT2D eigenvalue weighted by atomic mass is 10.1. The highest BCUT2D eigenvalue weighted by Crippen LogP contribution is 2.23. The maximum atomic E-state index is 11.7. The van der Waals surface area contributed by atoms with Crippen molar-refractivity contribution in [2.24, 2.45) is 0 Å². The van der Waals surface area contributed by atoms with Gasteiger partial charge in [0.25, 0.3) is 0 Å². The summed E-state index contributed by atoms with van der Waals surface area (Å²) in [5.41, 5.74) is 0.990. The maximum Gasteiger partial charge on any atom is 0.234 e. The van der Waals surface area contributed by atoms with Crippen molar-refractivity contribution in [3.05, 3.63) is 29.8 Å². The number of para-hydroxylation sites is 1. The summed E-state index contributed by atoms with van der Waals surface area (Å²) in [7, 11) is 1.64. The molecule has 0 saturated heterocycles. The molecule has 0 saturated carbocycles. The molecule has 4 nitrogen and oxygen atoms in total. The molecule has 0 heterocycles. The molecule has 0 aliphatic carbocycles. The molecule has 4 heteroatoms. The average molecular weight is 250 g/mol. The van der Waals surface area contributed by atoms with Crippen LogP contribution < -0.4 is 15.4 Å². The molecular weight excluding hydrogens is 228 g/mol. The zero-order chi connectivity index (χ0) is 13.4. The Morgan fingerprint density at radius 3 is 2.78 bits per heavy atom. The fourth-order valence-electron chi connectivity index (χ4n) is 1.77. The molecule has 1 aromatic carbocycles. The van der Waals surface area contributed by atoms with E-state index in [1.807, 2.05) is 31.2 Å². The molecule has 0 fully saturated rings. The Balaban J connectivity index is 2.53. The number of amides is 1. The second-order valence-electron chi connectivity index (χ2n) is 4.21. The van der Waals surface area contributed by atoms with Gasteiger partial charge in [0.1, 0.15) is 5.75 Å². The SMILES string of the molecule is CCCNCC(=O)N[C@@H](C)c1ccccc1OC. The highest BCUT2D eigenvalue weighted by molar-refractivity contribution is 5.78. The smallest absolute Gasteiger partial charge is 0.234 e. The fraction of sp³-hybridized carbons (Fsp3) is 0.500. The molecule has 0 aliphatic heterocycles. The van der Waals surface area contributed by atoms with Gasteiger partial charge >= 0.3 is 0 Å². The van der Waals surface area contributed by atoms with E-state index < -0.39 is 0 Å². The highest BCUT2D eigenvalue weighted by Gasteiger charge is 2.12. The molecule has 0 radical (unpaired) electrons. The first kappa shape index (κ1) is 14.5. The first-order valence-electron chi connectivity index (χ1n) is 6.32. The van der Waals surface area contributed by atoms with Gasteiger partial charge in [-0.25, -0.2) is 0 Å². The van der Waals surface area contributed by atoms with Crippen molar-refractivity contribution in [1.29, 1.82) is 0 Å². The molecule has 1 rings (SSSR count). The van der Waals surface area contributed by atoms with Gasteiger partial charge in [0.05, 0.1) is 19.7 Å². The van der Waals surface area contributed by atoms with Crippen LogP contribution in [0.1, 0.15) is 31.9 Å². The lowest BCUT2D eigenvalue weighted by Crippen LogP contribution is -2.35. The van der Waals surface area contributed by atoms with Crippen LogP contribution in [0.3, 0.4) is 0 Å². The summed E-state index contributed by atoms with van der Waals surface area (Å²) in [6.07, 6.45) is 1.02. The Hall–Kier alpha value is -1.55. The molecule has 2 N–H and O–H groups in total. The molecular formula is C14H22N2O2. The van der Waals surface area contributed by atoms with Crippen LogP contribution in [0.4, 0.5) is 0 Å². The Morgan fingerprint density at radius 2 is 2.11 bits per heavy atom. The summed E-state index contributed by atoms with van der Waals surface area (Å²) in [6, 6.07) is 7.66. The number of nitrogens with one attached hydrogen (secondary N) is 2. The molecule has 0 spiro atoms. The van der Waals surface area contributed by atoms with Crippen LogP contribution in [0.2, 0.25) is 0 Å². The summed E-state index contributed by atoms with van der Waals surface area (Å²) >= 11 is 0. The molecule has 0 unspecified atom stereocenters. The maximum absolute atomic E-state index is 11.7. The van der Waals surface area contributed by atoms with Crippen molar-refractivity contribution in [2.75, 3.05) is 20.2 Å². The van der Waals surface area contributed by atoms with Crippen LogP contribution in [0.15, 0.2) is 24.3 Å². The van der Waals surface area contributed by atoms with E-state index in [9.17, 15) is 4.79 Å². The van der Waals surface area contributed by atoms with E-state index in [1.54, 1.807) is 7.11 Å². The van der Waals surface area contributed by atoms with E-state index in [4.69, 9.17) is 4.74 Å². The summed E-state index contributed by atoms with van der Waals surface area (Å²) in [4.78, 5) is 11.7. The van der Waals surface area contributed by atoms with Gasteiger partial charge in [-0.05, 0) is 26.0 Å². The Morgan fingerprint density at radius 1 is 1.39 bits per heavy atom. The number of methoxy groups -OCH3 is 1. The van der Waals surface area contributed by atoms with Crippen molar-refractivity contribution < 1.29 is 9.53 Å². The van der Waals surface area contributed by atoms with Crippen molar-refractivity contribution in [3.8, 4) is 5.75 Å². The molecule has 0 aromatic heterocycles. The monoisotopic (exact) mass is 250 g/mol. The molecule has 1 aromatic rings. The van der Waals surface area contributed by atoms with E-state index in [0.717, 1.165) is 24.3 Å². The molecule has 1 amide bonds. The average Bonchev–Trinajstić information content (AvgIpc) is 2.39. The van der Waals surface area contributed by atoms with Gasteiger partial charge in [-0.1, -0.05) is 25.1 Å². The molecule has 18 heavy (non-hydrogen) atoms. The fourth-order valence-corrected chi connectivity index (χ4v) is 1.77. The molecule has 0 aliphatic rings. The first-order valence-corrected chi connectivity index (χ1v) is 6.32. The number of ether oxygens (including phenoxy) is 1. The predicted molar refractivity (Wildman–Crippen MR) is 72.7 cm³/mol. The third-order valence-electron chi connectivity index (χ3n) is 2.70. The standard InChI is InChI=1S/C14H22N2O2/c1-4-9-15-10-14(17)16-11(2)12-7-5-6-8-13(12)18-3/h5-8,11,15H,4,9-10H2,1-3H3,(H,16,17)/t11-/m0/s1. The van der Waals surface area contributed by atoms with Crippen LogP contribution in [0.5, 0.6) is 5.75 Å². The first-order chi connectivity index (χ1) is 8.69. The quantitative estimate of drug-likeness (QED) is 0.726. The Kier molecular flexibility index (Phi) is 6.22. The number of hydrogen-bond acceptors (Lipinski definition) is 3. The van der Waals surface area contributed by atoms with Gasteiger partial charge in [0.2, 0.25) is 5.91 Å². The van der Waals surface area contributed by atoms with Crippen LogP contribution in [0, 0.1) is 0 Å². The van der Waals surface area contributed by atoms with Crippen molar-refractivity contribution >= 4 is 5.91 Å². The largest absolute Gasteiger partial charge is 0.496 e. The third-order valence-corrected chi connectivity index (χ3v) is 2.70. The molecule has 100 valence electrons. The van der Waals surface area contributed by atoms with Gasteiger partial charge in [0, 0.05) is 5.56 Å². The van der Waals surface area contributed by atoms with Crippen molar-refractivity contribution in [3.63, 3.8) is 0 Å². The van der Waals surface area contributed by atoms with Crippen LogP contribution in [-0.2, 0) is 4.79 Å². The summed E-state index contributed by atoms with van der Waals surface area (Å²) in [5, 5.41) is 6.03. The summed E-state index contributed by atoms with van der Waals surface area (Å²) < 4.78 is 5.28. The van der Waals surface area contributed by atoms with Gasteiger partial charge in [-0.2, -0.15) is 0 Å². The predicted octanol–water partition coefficient (Wildman–Crippen LogP) is 1.87. The number of carbonyl (C=O) groups excluding carboxylic acids is 1. The zero-order valence-corrected chi connectivity index (χ0v) is 11.3. The van der Waals surface area contributed by atoms with Gasteiger partial charge < -0.3 is 15.4 Å². The summed E-state index contributed by atoms with van der Waals surface area (Å²) in [5.74, 6) is 0.800. The van der Waals surface area contributed by atoms with Crippen LogP contribution in [-0.4, -0.2) is 26.1 Å². The second-order valence-corrected chi connectivity index (χ2v) is 4.21. The second kappa shape index (κ2) is 7.71. The number of hydrogen-bond donors (Lipinski definition) is 2. The molecule has 0 bridgehead atoms. The van der Waals surface area contributed by atoms with Crippen LogP contribution >= 0.6 is 0 Å². The Labute approximate surface area is 109 Å². The lowest BCUT2D eigenvalue weighted by Gasteiger charge is -2.17. The topological polar surface area (TPSA) is 50.4 Å². The number of benzene rings is 1. The Bertz CT molecular complexity index is 380. The normalized spacial score (nSPS) is 11.9. The zero-order valence-electron chi connectivity index (χ0n) is 11.3. The molecule has 1 atom stereocenters. The van der Waals surface area contributed by atoms with E-state index in [-0.39, 0.29) is 11.9 Å². The lowest BCUT2D eigenvalue weighted by molar-refractivity contribution is -0.120. The summed E-state index contributed by atoms with van der Waals surface area (Å²) in [6.45, 7) is 5.24. The van der Waals surface area contributed by atoms with E-state index in [0.29, 0.717) is 6.54 Å². The number of carbonyl (C=O) groups is 1. The van der Waals surface area contributed by atoms with E-state index in [1.165, 1.54) is 0 Å². The van der Waals surface area contributed by atoms with Gasteiger partial charge in [-0.15, -0.1) is 0 Å². The minimum absolute atomic E-state index is 0.00172. The minimum atomic E-state index is -0.0583. The highest BCUT2D eigenvalue weighted by atomic mass is 16.5. The van der Waals surface area contributed by atoms with Gasteiger partial charge in [0.15, 0.2) is 0 Å². The van der Waals surface area contributed by atoms with Crippen molar-refractivity contribution in [1.82, 2.24) is 10.6 Å². The van der Waals surface area contributed by atoms with Crippen molar-refractivity contribution in [2.45, 2.75) is 26.3 Å². The van der Waals surface area contributed by atoms with E-state index >= 15 is 0 Å². The van der Waals surface area contributed by atoms with E-state index in [2.05, 4.69) is 17.6 Å². The van der Waals surface area contributed by atoms with Gasteiger partial charge in [-0.3, -0.25) is 4.79 Å². The third kappa shape index (κ3) is 4.37. The van der Waals surface area contributed by atoms with Crippen LogP contribution in [0.25, 0.3) is 0 Å².